The maximum Gasteiger partial charge on any atom is 0.407 e. The highest BCUT2D eigenvalue weighted by molar-refractivity contribution is 5.78. The summed E-state index contributed by atoms with van der Waals surface area (Å²) in [4.78, 5) is 28.1. The Kier molecular flexibility index (Phi) is 9.10. The van der Waals surface area contributed by atoms with E-state index in [0.717, 1.165) is 32.1 Å². The van der Waals surface area contributed by atoms with E-state index >= 15 is 0 Å². The number of carbonyl (C=O) groups excluding carboxylic acids is 1. The lowest BCUT2D eigenvalue weighted by molar-refractivity contribution is 0.0488. The number of fused-ring (bicyclic) bond motifs is 1. The molecule has 3 heterocycles. The zero-order valence-corrected chi connectivity index (χ0v) is 24.8. The number of anilines is 2. The molecule has 0 bridgehead atoms. The highest BCUT2D eigenvalue weighted by Crippen LogP contribution is 2.31. The maximum absolute atomic E-state index is 14.2. The average molecular weight is 586 g/mol. The first-order chi connectivity index (χ1) is 20.1. The smallest absolute Gasteiger partial charge is 0.407 e. The van der Waals surface area contributed by atoms with Gasteiger partial charge in [-0.05, 0) is 70.9 Å². The number of benzene rings is 1. The van der Waals surface area contributed by atoms with Gasteiger partial charge in [-0.15, -0.1) is 0 Å². The topological polar surface area (TPSA) is 106 Å². The number of para-hydroxylation sites is 2. The fourth-order valence-corrected chi connectivity index (χ4v) is 5.71. The van der Waals surface area contributed by atoms with E-state index in [2.05, 4.69) is 27.4 Å². The van der Waals surface area contributed by atoms with Crippen LogP contribution in [0.1, 0.15) is 72.0 Å². The lowest BCUT2D eigenvalue weighted by Gasteiger charge is -2.36. The van der Waals surface area contributed by atoms with Gasteiger partial charge in [-0.1, -0.05) is 19.1 Å². The van der Waals surface area contributed by atoms with E-state index in [4.69, 9.17) is 19.4 Å². The lowest BCUT2D eigenvalue weighted by atomic mass is 9.86. The van der Waals surface area contributed by atoms with Crippen LogP contribution in [0.3, 0.4) is 0 Å². The van der Waals surface area contributed by atoms with E-state index in [1.807, 2.05) is 20.8 Å². The standard InChI is InChI=1S/C30H41F2N7O3/c1-5-21-18-41-15-14-38(21)24-16-25(39-23-9-7-6-8-22(23)35-27(39)26(31)32)37-28(36-24)33-17-19-10-12-20(13-11-19)34-29(40)42-30(2,3)4/h6-9,16,19-21,26H,5,10-15,17-18H2,1-4H3,(H,34,40)(H,33,36,37)/t19-,20-,21-/m1/s1. The summed E-state index contributed by atoms with van der Waals surface area (Å²) in [5.74, 6) is 1.40. The Morgan fingerprint density at radius 2 is 1.86 bits per heavy atom. The number of morpholine rings is 1. The number of carbonyl (C=O) groups is 1. The summed E-state index contributed by atoms with van der Waals surface area (Å²) in [6.07, 6.45) is 1.24. The second kappa shape index (κ2) is 12.8. The fourth-order valence-electron chi connectivity index (χ4n) is 5.71. The molecule has 5 rings (SSSR count). The molecule has 1 amide bonds. The second-order valence-corrected chi connectivity index (χ2v) is 12.1. The normalized spacial score (nSPS) is 21.5. The van der Waals surface area contributed by atoms with Crippen LogP contribution in [0.5, 0.6) is 0 Å². The molecule has 42 heavy (non-hydrogen) atoms. The van der Waals surface area contributed by atoms with Crippen LogP contribution in [0.15, 0.2) is 30.3 Å². The van der Waals surface area contributed by atoms with Gasteiger partial charge in [-0.3, -0.25) is 4.57 Å². The number of hydrogen-bond donors (Lipinski definition) is 2. The molecule has 1 aromatic carbocycles. The van der Waals surface area contributed by atoms with Gasteiger partial charge in [0.15, 0.2) is 5.82 Å². The average Bonchev–Trinajstić information content (AvgIpc) is 3.36. The minimum Gasteiger partial charge on any atom is -0.444 e. The number of amides is 1. The molecule has 0 unspecified atom stereocenters. The zero-order chi connectivity index (χ0) is 29.9. The molecule has 1 saturated carbocycles. The molecule has 12 heteroatoms. The largest absolute Gasteiger partial charge is 0.444 e. The Morgan fingerprint density at radius 3 is 2.57 bits per heavy atom. The predicted octanol–water partition coefficient (Wildman–Crippen LogP) is 5.86. The van der Waals surface area contributed by atoms with E-state index in [9.17, 15) is 13.6 Å². The number of aromatic nitrogens is 4. The summed E-state index contributed by atoms with van der Waals surface area (Å²) in [6, 6.07) is 9.06. The minimum atomic E-state index is -2.77. The molecule has 0 radical (unpaired) electrons. The van der Waals surface area contributed by atoms with E-state index in [-0.39, 0.29) is 24.0 Å². The Morgan fingerprint density at radius 1 is 1.12 bits per heavy atom. The van der Waals surface area contributed by atoms with Crippen LogP contribution in [0, 0.1) is 5.92 Å². The Labute approximate surface area is 245 Å². The van der Waals surface area contributed by atoms with Crippen molar-refractivity contribution in [1.82, 2.24) is 24.8 Å². The molecular weight excluding hydrogens is 544 g/mol. The Hall–Kier alpha value is -3.54. The lowest BCUT2D eigenvalue weighted by Crippen LogP contribution is -2.45. The van der Waals surface area contributed by atoms with Gasteiger partial charge in [0, 0.05) is 25.2 Å². The summed E-state index contributed by atoms with van der Waals surface area (Å²) in [5.41, 5.74) is 0.515. The molecule has 2 fully saturated rings. The summed E-state index contributed by atoms with van der Waals surface area (Å²) in [6.45, 7) is 10.1. The van der Waals surface area contributed by atoms with Crippen molar-refractivity contribution in [3.05, 3.63) is 36.2 Å². The molecule has 1 atom stereocenters. The molecule has 3 aromatic rings. The van der Waals surface area contributed by atoms with Gasteiger partial charge in [-0.2, -0.15) is 9.97 Å². The number of ether oxygens (including phenoxy) is 2. The molecule has 10 nitrogen and oxygen atoms in total. The third-order valence-electron chi connectivity index (χ3n) is 7.82. The van der Waals surface area contributed by atoms with Gasteiger partial charge in [0.05, 0.1) is 30.3 Å². The van der Waals surface area contributed by atoms with Gasteiger partial charge >= 0.3 is 6.09 Å². The zero-order valence-electron chi connectivity index (χ0n) is 24.8. The van der Waals surface area contributed by atoms with Crippen molar-refractivity contribution in [2.45, 2.75) is 83.9 Å². The van der Waals surface area contributed by atoms with Crippen molar-refractivity contribution < 1.29 is 23.0 Å². The van der Waals surface area contributed by atoms with Crippen molar-refractivity contribution in [2.75, 3.05) is 36.5 Å². The van der Waals surface area contributed by atoms with E-state index in [1.165, 1.54) is 4.57 Å². The van der Waals surface area contributed by atoms with Gasteiger partial charge < -0.3 is 25.0 Å². The van der Waals surface area contributed by atoms with Crippen molar-refractivity contribution in [1.29, 1.82) is 0 Å². The van der Waals surface area contributed by atoms with Crippen LogP contribution in [-0.4, -0.2) is 69.6 Å². The Balaban J connectivity index is 1.36. The SMILES string of the molecule is CC[C@@H]1COCCN1c1cc(-n2c(C(F)F)nc3ccccc32)nc(NC[C@H]2CC[C@H](NC(=O)OC(C)(C)C)CC2)n1. The number of nitrogens with zero attached hydrogens (tertiary/aromatic N) is 5. The fraction of sp³-hybridized carbons (Fsp3) is 0.600. The molecule has 1 aliphatic heterocycles. The van der Waals surface area contributed by atoms with Crippen molar-refractivity contribution in [2.24, 2.45) is 5.92 Å². The molecule has 1 aliphatic carbocycles. The van der Waals surface area contributed by atoms with Crippen LogP contribution in [0.2, 0.25) is 0 Å². The van der Waals surface area contributed by atoms with Crippen LogP contribution < -0.4 is 15.5 Å². The summed E-state index contributed by atoms with van der Waals surface area (Å²) < 4.78 is 40.9. The molecule has 2 aromatic heterocycles. The third kappa shape index (κ3) is 7.08. The van der Waals surface area contributed by atoms with Crippen LogP contribution in [-0.2, 0) is 9.47 Å². The van der Waals surface area contributed by atoms with Gasteiger partial charge in [0.25, 0.3) is 6.43 Å². The molecular formula is C30H41F2N7O3. The summed E-state index contributed by atoms with van der Waals surface area (Å²) >= 11 is 0. The van der Waals surface area contributed by atoms with Crippen molar-refractivity contribution >= 4 is 28.9 Å². The van der Waals surface area contributed by atoms with E-state index < -0.39 is 12.0 Å². The Bertz CT molecular complexity index is 1370. The summed E-state index contributed by atoms with van der Waals surface area (Å²) in [7, 11) is 0. The molecule has 2 N–H and O–H groups in total. The first kappa shape index (κ1) is 29.9. The number of rotatable bonds is 8. The van der Waals surface area contributed by atoms with E-state index in [1.54, 1.807) is 30.3 Å². The molecule has 1 saturated heterocycles. The first-order valence-corrected chi connectivity index (χ1v) is 14.8. The summed E-state index contributed by atoms with van der Waals surface area (Å²) in [5, 5.41) is 6.38. The maximum atomic E-state index is 14.2. The monoisotopic (exact) mass is 585 g/mol. The number of alkyl halides is 2. The van der Waals surface area contributed by atoms with Crippen LogP contribution in [0.25, 0.3) is 16.9 Å². The number of nitrogens with one attached hydrogen (secondary N) is 2. The third-order valence-corrected chi connectivity index (χ3v) is 7.82. The van der Waals surface area contributed by atoms with Crippen molar-refractivity contribution in [3.8, 4) is 5.82 Å². The van der Waals surface area contributed by atoms with Crippen molar-refractivity contribution in [3.63, 3.8) is 0 Å². The molecule has 0 spiro atoms. The minimum absolute atomic E-state index is 0.0804. The number of alkyl carbamates (subject to hydrolysis) is 1. The van der Waals surface area contributed by atoms with Gasteiger partial charge in [0.1, 0.15) is 17.2 Å². The van der Waals surface area contributed by atoms with Crippen LogP contribution >= 0.6 is 0 Å². The second-order valence-electron chi connectivity index (χ2n) is 12.1. The van der Waals surface area contributed by atoms with E-state index in [0.29, 0.717) is 60.8 Å². The highest BCUT2D eigenvalue weighted by Gasteiger charge is 2.28. The number of halogens is 2. The van der Waals surface area contributed by atoms with Gasteiger partial charge in [-0.25, -0.2) is 18.6 Å². The molecule has 228 valence electrons. The number of imidazole rings is 1. The number of hydrogen-bond acceptors (Lipinski definition) is 8. The molecule has 2 aliphatic rings. The quantitative estimate of drug-likeness (QED) is 0.339. The highest BCUT2D eigenvalue weighted by atomic mass is 19.3. The predicted molar refractivity (Wildman–Crippen MR) is 157 cm³/mol. The van der Waals surface area contributed by atoms with Crippen LogP contribution in [0.4, 0.5) is 25.3 Å². The van der Waals surface area contributed by atoms with Gasteiger partial charge in [0.2, 0.25) is 5.95 Å². The first-order valence-electron chi connectivity index (χ1n) is 14.8.